The van der Waals surface area contributed by atoms with Gasteiger partial charge in [0.05, 0.1) is 22.5 Å². The summed E-state index contributed by atoms with van der Waals surface area (Å²) in [5, 5.41) is 13.8. The Morgan fingerprint density at radius 2 is 2.03 bits per heavy atom. The summed E-state index contributed by atoms with van der Waals surface area (Å²) in [5.41, 5.74) is 6.01. The Bertz CT molecular complexity index is 940. The molecule has 0 bridgehead atoms. The zero-order valence-electron chi connectivity index (χ0n) is 15.6. The van der Waals surface area contributed by atoms with Crippen molar-refractivity contribution in [3.63, 3.8) is 0 Å². The molecule has 1 aliphatic heterocycles. The summed E-state index contributed by atoms with van der Waals surface area (Å²) in [6.45, 7) is 3.60. The van der Waals surface area contributed by atoms with E-state index in [0.717, 1.165) is 47.1 Å². The van der Waals surface area contributed by atoms with Crippen LogP contribution in [0.4, 0.5) is 5.69 Å². The Morgan fingerprint density at radius 3 is 2.55 bits per heavy atom. The lowest BCUT2D eigenvalue weighted by Crippen LogP contribution is -2.54. The molecule has 0 spiro atoms. The molecule has 1 saturated carbocycles. The van der Waals surface area contributed by atoms with E-state index in [1.165, 1.54) is 6.08 Å². The number of nitrogens with one attached hydrogen (secondary N) is 1. The molecule has 0 saturated heterocycles. The van der Waals surface area contributed by atoms with Crippen LogP contribution in [-0.2, 0) is 19.7 Å². The van der Waals surface area contributed by atoms with Crippen LogP contribution in [0.2, 0.25) is 0 Å². The van der Waals surface area contributed by atoms with E-state index < -0.39 is 32.9 Å². The number of carbonyl (C=O) groups is 1. The van der Waals surface area contributed by atoms with E-state index in [2.05, 4.69) is 11.9 Å². The molecule has 1 heterocycles. The molecule has 156 valence electrons. The molecule has 1 amide bonds. The molecule has 2 aliphatic rings. The summed E-state index contributed by atoms with van der Waals surface area (Å²) in [6.07, 6.45) is 4.95. The third-order valence-electron chi connectivity index (χ3n) is 4.76. The Morgan fingerprint density at radius 1 is 1.38 bits per heavy atom. The first-order chi connectivity index (χ1) is 13.8. The van der Waals surface area contributed by atoms with Crippen molar-refractivity contribution in [1.82, 2.24) is 9.79 Å². The quantitative estimate of drug-likeness (QED) is 0.341. The smallest absolute Gasteiger partial charge is 0.269 e. The molecule has 29 heavy (non-hydrogen) atoms. The highest BCUT2D eigenvalue weighted by atomic mass is 32.2. The van der Waals surface area contributed by atoms with Crippen LogP contribution in [0.1, 0.15) is 12.8 Å². The van der Waals surface area contributed by atoms with Gasteiger partial charge in [0.15, 0.2) is 0 Å². The molecule has 0 radical (unpaired) electrons. The Kier molecular flexibility index (Phi) is 6.13. The van der Waals surface area contributed by atoms with Crippen molar-refractivity contribution in [2.24, 2.45) is 11.7 Å². The van der Waals surface area contributed by atoms with Crippen LogP contribution in [0.15, 0.2) is 53.5 Å². The molecule has 1 aromatic carbocycles. The highest BCUT2D eigenvalue weighted by Gasteiger charge is 2.40. The van der Waals surface area contributed by atoms with Gasteiger partial charge >= 0.3 is 0 Å². The van der Waals surface area contributed by atoms with Crippen LogP contribution < -0.4 is 11.1 Å². The molecule has 1 fully saturated rings. The predicted molar refractivity (Wildman–Crippen MR) is 104 cm³/mol. The number of hydrogen-bond acceptors (Lipinski definition) is 7. The first-order valence-electron chi connectivity index (χ1n) is 9.02. The molecule has 2 atom stereocenters. The van der Waals surface area contributed by atoms with Crippen LogP contribution in [0.5, 0.6) is 0 Å². The molecular weight excluding hydrogens is 400 g/mol. The largest absolute Gasteiger partial charge is 0.368 e. The van der Waals surface area contributed by atoms with Crippen LogP contribution in [0.25, 0.3) is 0 Å². The average molecular weight is 422 g/mol. The summed E-state index contributed by atoms with van der Waals surface area (Å²) in [7, 11) is -4.14. The van der Waals surface area contributed by atoms with Crippen molar-refractivity contribution in [1.29, 1.82) is 0 Å². The number of carbonyl (C=O) groups excluding carboxylic acids is 1. The number of amides is 1. The zero-order chi connectivity index (χ0) is 21.2. The Labute approximate surface area is 168 Å². The number of non-ortho nitro benzene ring substituents is 1. The van der Waals surface area contributed by atoms with Gasteiger partial charge in [-0.3, -0.25) is 19.7 Å². The van der Waals surface area contributed by atoms with Gasteiger partial charge in [0, 0.05) is 18.7 Å². The maximum absolute atomic E-state index is 13.2. The molecule has 11 heteroatoms. The van der Waals surface area contributed by atoms with Crippen molar-refractivity contribution < 1.29 is 23.0 Å². The highest BCUT2D eigenvalue weighted by molar-refractivity contribution is 7.89. The van der Waals surface area contributed by atoms with Crippen molar-refractivity contribution in [3.05, 3.63) is 58.7 Å². The summed E-state index contributed by atoms with van der Waals surface area (Å²) >= 11 is 0. The number of sulfonamides is 1. The monoisotopic (exact) mass is 422 g/mol. The van der Waals surface area contributed by atoms with E-state index in [4.69, 9.17) is 10.6 Å². The summed E-state index contributed by atoms with van der Waals surface area (Å²) < 4.78 is 27.2. The number of rotatable bonds is 9. The predicted octanol–water partition coefficient (Wildman–Crippen LogP) is 0.865. The summed E-state index contributed by atoms with van der Waals surface area (Å²) in [4.78, 5) is 27.3. The Balaban J connectivity index is 1.95. The molecule has 1 aliphatic carbocycles. The Hall–Kier alpha value is -2.60. The van der Waals surface area contributed by atoms with E-state index >= 15 is 0 Å². The minimum absolute atomic E-state index is 0.0610. The van der Waals surface area contributed by atoms with Gasteiger partial charge in [-0.1, -0.05) is 16.6 Å². The molecular formula is C18H22N4O6S. The number of benzene rings is 1. The third-order valence-corrected chi connectivity index (χ3v) is 6.47. The third kappa shape index (κ3) is 4.53. The van der Waals surface area contributed by atoms with Gasteiger partial charge in [-0.05, 0) is 36.5 Å². The van der Waals surface area contributed by atoms with Crippen molar-refractivity contribution in [2.75, 3.05) is 13.2 Å². The van der Waals surface area contributed by atoms with Gasteiger partial charge in [0.1, 0.15) is 6.04 Å². The van der Waals surface area contributed by atoms with Gasteiger partial charge in [-0.2, -0.15) is 0 Å². The van der Waals surface area contributed by atoms with Crippen molar-refractivity contribution in [3.8, 4) is 0 Å². The molecule has 10 nitrogen and oxygen atoms in total. The molecule has 0 aromatic heterocycles. The number of nitrogens with two attached hydrogens (primary N) is 1. The lowest BCUT2D eigenvalue weighted by atomic mass is 9.95. The number of nitro benzene ring substituents is 1. The summed E-state index contributed by atoms with van der Waals surface area (Å²) in [6, 6.07) is 3.19. The van der Waals surface area contributed by atoms with E-state index in [9.17, 15) is 23.3 Å². The molecule has 3 N–H and O–H groups in total. The standard InChI is InChI=1S/C18H22N4O6S/c1-2-9-28-22(29(26,27)15-7-5-13(6-8-15)21(24)25)14-10-16(12-3-4-12)17(18(19)23)20-11-14/h2,5-8,10,12,14,17,20H,1,3-4,9,11H2,(H2,19,23)/t14-,17+/m1/s1. The second-order valence-corrected chi connectivity index (χ2v) is 8.63. The van der Waals surface area contributed by atoms with Gasteiger partial charge < -0.3 is 11.1 Å². The lowest BCUT2D eigenvalue weighted by molar-refractivity contribution is -0.384. The topological polar surface area (TPSA) is 145 Å². The molecule has 3 rings (SSSR count). The average Bonchev–Trinajstić information content (AvgIpc) is 3.53. The van der Waals surface area contributed by atoms with E-state index in [1.807, 2.05) is 0 Å². The fourth-order valence-corrected chi connectivity index (χ4v) is 4.62. The van der Waals surface area contributed by atoms with Crippen LogP contribution in [0, 0.1) is 16.0 Å². The number of nitro groups is 1. The number of primary amides is 1. The van der Waals surface area contributed by atoms with E-state index in [1.54, 1.807) is 6.08 Å². The highest BCUT2D eigenvalue weighted by Crippen LogP contribution is 2.40. The fraction of sp³-hybridized carbons (Fsp3) is 0.389. The minimum atomic E-state index is -4.14. The number of hydroxylamine groups is 1. The maximum atomic E-state index is 13.2. The fourth-order valence-electron chi connectivity index (χ4n) is 3.24. The number of hydrogen-bond donors (Lipinski definition) is 2. The minimum Gasteiger partial charge on any atom is -0.368 e. The van der Waals surface area contributed by atoms with E-state index in [-0.39, 0.29) is 29.7 Å². The molecule has 0 unspecified atom stereocenters. The number of nitrogens with zero attached hydrogens (tertiary/aromatic N) is 2. The van der Waals surface area contributed by atoms with Gasteiger partial charge in [0.25, 0.3) is 15.7 Å². The lowest BCUT2D eigenvalue weighted by Gasteiger charge is -2.34. The second kappa shape index (κ2) is 8.41. The normalized spacial score (nSPS) is 22.2. The first-order valence-corrected chi connectivity index (χ1v) is 10.5. The van der Waals surface area contributed by atoms with Crippen molar-refractivity contribution >= 4 is 21.6 Å². The van der Waals surface area contributed by atoms with E-state index in [0.29, 0.717) is 0 Å². The van der Waals surface area contributed by atoms with Crippen molar-refractivity contribution in [2.45, 2.75) is 29.8 Å². The van der Waals surface area contributed by atoms with Crippen LogP contribution >= 0.6 is 0 Å². The van der Waals surface area contributed by atoms with Gasteiger partial charge in [-0.15, -0.1) is 6.58 Å². The van der Waals surface area contributed by atoms with Crippen LogP contribution in [-0.4, -0.2) is 49.0 Å². The SMILES string of the molecule is C=CCON([C@@H]1C=C(C2CC2)[C@@H](C(N)=O)NC1)S(=O)(=O)c1ccc([N+](=O)[O-])cc1. The van der Waals surface area contributed by atoms with Gasteiger partial charge in [0.2, 0.25) is 5.91 Å². The second-order valence-electron chi connectivity index (χ2n) is 6.85. The summed E-state index contributed by atoms with van der Waals surface area (Å²) in [5.74, 6) is -0.329. The van der Waals surface area contributed by atoms with Crippen LogP contribution in [0.3, 0.4) is 0 Å². The first kappa shape index (κ1) is 21.1. The zero-order valence-corrected chi connectivity index (χ0v) is 16.4. The molecule has 1 aromatic rings. The van der Waals surface area contributed by atoms with Gasteiger partial charge in [-0.25, -0.2) is 8.42 Å². The maximum Gasteiger partial charge on any atom is 0.269 e.